The highest BCUT2D eigenvalue weighted by atomic mass is 127. The number of nitrogens with one attached hydrogen (secondary N) is 2. The van der Waals surface area contributed by atoms with Gasteiger partial charge in [0.15, 0.2) is 11.7 Å². The molecule has 2 rings (SSSR count). The Morgan fingerprint density at radius 3 is 2.79 bits per heavy atom. The van der Waals surface area contributed by atoms with E-state index in [9.17, 15) is 4.79 Å². The summed E-state index contributed by atoms with van der Waals surface area (Å²) in [7, 11) is 0. The van der Waals surface area contributed by atoms with Gasteiger partial charge in [0.2, 0.25) is 0 Å². The first-order chi connectivity index (χ1) is 11.1. The molecule has 0 aliphatic heterocycles. The lowest BCUT2D eigenvalue weighted by molar-refractivity contribution is 0.0972. The van der Waals surface area contributed by atoms with Gasteiger partial charge in [0.25, 0.3) is 5.91 Å². The number of primary amides is 1. The maximum Gasteiger partial charge on any atom is 0.284 e. The van der Waals surface area contributed by atoms with Gasteiger partial charge in [-0.15, -0.1) is 35.3 Å². The van der Waals surface area contributed by atoms with Crippen molar-refractivity contribution < 1.29 is 9.21 Å². The number of carbonyl (C=O) groups is 1. The molecule has 0 spiro atoms. The van der Waals surface area contributed by atoms with Crippen molar-refractivity contribution >= 4 is 47.2 Å². The minimum absolute atomic E-state index is 0. The summed E-state index contributed by atoms with van der Waals surface area (Å²) in [4.78, 5) is 19.8. The number of amides is 1. The average molecular weight is 463 g/mol. The normalized spacial score (nSPS) is 11.0. The summed E-state index contributed by atoms with van der Waals surface area (Å²) in [5.41, 5.74) is 6.23. The number of nitrogens with two attached hydrogens (primary N) is 1. The molecule has 7 nitrogen and oxygen atoms in total. The van der Waals surface area contributed by atoms with Crippen LogP contribution in [0, 0.1) is 6.92 Å². The fraction of sp³-hybridized carbons (Fsp3) is 0.400. The van der Waals surface area contributed by atoms with Crippen LogP contribution in [0.4, 0.5) is 0 Å². The summed E-state index contributed by atoms with van der Waals surface area (Å²) in [5.74, 6) is 0.846. The molecule has 24 heavy (non-hydrogen) atoms. The van der Waals surface area contributed by atoms with Crippen molar-refractivity contribution in [1.82, 2.24) is 15.6 Å². The van der Waals surface area contributed by atoms with Gasteiger partial charge >= 0.3 is 0 Å². The number of hydrogen-bond acceptors (Lipinski definition) is 5. The third-order valence-electron chi connectivity index (χ3n) is 2.98. The summed E-state index contributed by atoms with van der Waals surface area (Å²) in [5, 5.41) is 9.55. The molecule has 0 fully saturated rings. The summed E-state index contributed by atoms with van der Waals surface area (Å²) in [6, 6.07) is 3.25. The number of hydrogen-bond donors (Lipinski definition) is 3. The van der Waals surface area contributed by atoms with E-state index in [0.29, 0.717) is 18.3 Å². The molecule has 9 heteroatoms. The summed E-state index contributed by atoms with van der Waals surface area (Å²) in [6.45, 7) is 5.82. The molecule has 0 bridgehead atoms. The predicted octanol–water partition coefficient (Wildman–Crippen LogP) is 2.06. The quantitative estimate of drug-likeness (QED) is 0.331. The number of nitrogens with zero attached hydrogens (tertiary/aromatic N) is 2. The number of guanidine groups is 1. The first-order valence-electron chi connectivity index (χ1n) is 7.40. The third-order valence-corrected chi connectivity index (χ3v) is 3.80. The molecule has 2 heterocycles. The van der Waals surface area contributed by atoms with E-state index in [1.165, 1.54) is 0 Å². The number of thiazole rings is 1. The molecule has 0 saturated carbocycles. The zero-order chi connectivity index (χ0) is 16.7. The van der Waals surface area contributed by atoms with Gasteiger partial charge in [-0.3, -0.25) is 4.79 Å². The molecule has 0 aliphatic carbocycles. The Morgan fingerprint density at radius 2 is 2.21 bits per heavy atom. The Labute approximate surface area is 162 Å². The van der Waals surface area contributed by atoms with E-state index in [1.54, 1.807) is 23.5 Å². The highest BCUT2D eigenvalue weighted by Crippen LogP contribution is 2.09. The topological polar surface area (TPSA) is 106 Å². The summed E-state index contributed by atoms with van der Waals surface area (Å²) < 4.78 is 5.30. The fourth-order valence-corrected chi connectivity index (χ4v) is 2.57. The van der Waals surface area contributed by atoms with Crippen LogP contribution in [-0.4, -0.2) is 29.9 Å². The van der Waals surface area contributed by atoms with Crippen LogP contribution in [0.2, 0.25) is 0 Å². The molecular weight excluding hydrogens is 441 g/mol. The molecule has 0 radical (unpaired) electrons. The molecule has 4 N–H and O–H groups in total. The van der Waals surface area contributed by atoms with E-state index in [0.717, 1.165) is 30.2 Å². The lowest BCUT2D eigenvalue weighted by Gasteiger charge is -2.10. The molecule has 1 amide bonds. The van der Waals surface area contributed by atoms with Crippen LogP contribution in [0.25, 0.3) is 0 Å². The highest BCUT2D eigenvalue weighted by molar-refractivity contribution is 14.0. The summed E-state index contributed by atoms with van der Waals surface area (Å²) >= 11 is 1.65. The first kappa shape index (κ1) is 20.4. The average Bonchev–Trinajstić information content (AvgIpc) is 3.14. The van der Waals surface area contributed by atoms with Crippen LogP contribution in [0.3, 0.4) is 0 Å². The van der Waals surface area contributed by atoms with E-state index in [4.69, 9.17) is 10.2 Å². The van der Waals surface area contributed by atoms with Crippen LogP contribution >= 0.6 is 35.3 Å². The molecule has 0 aliphatic rings. The second-order valence-electron chi connectivity index (χ2n) is 4.86. The lowest BCUT2D eigenvalue weighted by Crippen LogP contribution is -2.38. The minimum atomic E-state index is -0.580. The minimum Gasteiger partial charge on any atom is -0.454 e. The zero-order valence-electron chi connectivity index (χ0n) is 13.7. The van der Waals surface area contributed by atoms with Gasteiger partial charge in [0.05, 0.1) is 10.7 Å². The number of aliphatic imine (C=N–C) groups is 1. The molecule has 132 valence electrons. The van der Waals surface area contributed by atoms with Crippen LogP contribution < -0.4 is 16.4 Å². The van der Waals surface area contributed by atoms with Crippen molar-refractivity contribution in [2.75, 3.05) is 13.1 Å². The van der Waals surface area contributed by atoms with Crippen LogP contribution in [0.5, 0.6) is 0 Å². The molecule has 2 aromatic rings. The van der Waals surface area contributed by atoms with Crippen molar-refractivity contribution in [1.29, 1.82) is 0 Å². The Morgan fingerprint density at radius 1 is 1.42 bits per heavy atom. The molecule has 0 unspecified atom stereocenters. The van der Waals surface area contributed by atoms with Gasteiger partial charge in [-0.25, -0.2) is 9.98 Å². The predicted molar refractivity (Wildman–Crippen MR) is 106 cm³/mol. The van der Waals surface area contributed by atoms with Crippen molar-refractivity contribution in [3.05, 3.63) is 39.7 Å². The van der Waals surface area contributed by atoms with Crippen LogP contribution in [0.15, 0.2) is 26.9 Å². The first-order valence-corrected chi connectivity index (χ1v) is 8.28. The Bertz CT molecular complexity index is 683. The van der Waals surface area contributed by atoms with Gasteiger partial charge in [0, 0.05) is 24.9 Å². The maximum atomic E-state index is 11.0. The van der Waals surface area contributed by atoms with Crippen molar-refractivity contribution in [2.24, 2.45) is 10.7 Å². The number of furan rings is 1. The molecule has 0 atom stereocenters. The van der Waals surface area contributed by atoms with Crippen molar-refractivity contribution in [3.63, 3.8) is 0 Å². The van der Waals surface area contributed by atoms with Crippen molar-refractivity contribution in [2.45, 2.75) is 26.8 Å². The van der Waals surface area contributed by atoms with Gasteiger partial charge in [-0.1, -0.05) is 0 Å². The fourth-order valence-electron chi connectivity index (χ4n) is 1.93. The van der Waals surface area contributed by atoms with Crippen LogP contribution in [-0.2, 0) is 13.0 Å². The van der Waals surface area contributed by atoms with Gasteiger partial charge in [-0.2, -0.15) is 0 Å². The molecule has 2 aromatic heterocycles. The number of aryl methyl sites for hydroxylation is 1. The SMILES string of the molecule is CCNC(=NCc1ccc(C(N)=O)o1)NCCc1csc(C)n1.I. The number of rotatable bonds is 7. The Hall–Kier alpha value is -1.62. The highest BCUT2D eigenvalue weighted by Gasteiger charge is 2.07. The third kappa shape index (κ3) is 6.48. The van der Waals surface area contributed by atoms with E-state index in [-0.39, 0.29) is 29.7 Å². The molecular formula is C15H22IN5O2S. The Balaban J connectivity index is 0.00000288. The van der Waals surface area contributed by atoms with Crippen molar-refractivity contribution in [3.8, 4) is 0 Å². The second-order valence-corrected chi connectivity index (χ2v) is 5.92. The second kappa shape index (κ2) is 10.3. The lowest BCUT2D eigenvalue weighted by atomic mass is 10.3. The zero-order valence-corrected chi connectivity index (χ0v) is 16.8. The van der Waals surface area contributed by atoms with E-state index in [2.05, 4.69) is 26.0 Å². The van der Waals surface area contributed by atoms with Gasteiger partial charge < -0.3 is 20.8 Å². The van der Waals surface area contributed by atoms with E-state index in [1.807, 2.05) is 13.8 Å². The van der Waals surface area contributed by atoms with E-state index >= 15 is 0 Å². The van der Waals surface area contributed by atoms with E-state index < -0.39 is 5.91 Å². The number of carbonyl (C=O) groups excluding carboxylic acids is 1. The largest absolute Gasteiger partial charge is 0.454 e. The standard InChI is InChI=1S/C15H21N5O2S.HI/c1-3-17-15(18-7-6-11-9-23-10(2)20-11)19-8-12-4-5-13(22-12)14(16)21;/h4-5,9H,3,6-8H2,1-2H3,(H2,16,21)(H2,17,18,19);1H. The van der Waals surface area contributed by atoms with Crippen LogP contribution in [0.1, 0.15) is 33.9 Å². The van der Waals surface area contributed by atoms with Gasteiger partial charge in [-0.05, 0) is 26.0 Å². The Kier molecular flexibility index (Phi) is 8.76. The number of halogens is 1. The monoisotopic (exact) mass is 463 g/mol. The molecule has 0 aromatic carbocycles. The molecule has 0 saturated heterocycles. The van der Waals surface area contributed by atoms with Gasteiger partial charge in [0.1, 0.15) is 12.3 Å². The number of aromatic nitrogens is 1. The smallest absolute Gasteiger partial charge is 0.284 e. The summed E-state index contributed by atoms with van der Waals surface area (Å²) in [6.07, 6.45) is 0.835. The maximum absolute atomic E-state index is 11.0.